The van der Waals surface area contributed by atoms with E-state index in [-0.39, 0.29) is 12.5 Å². The van der Waals surface area contributed by atoms with Crippen molar-refractivity contribution in [1.29, 1.82) is 5.41 Å². The minimum atomic E-state index is -0.0498. The van der Waals surface area contributed by atoms with E-state index >= 15 is 0 Å². The van der Waals surface area contributed by atoms with E-state index in [1.807, 2.05) is 30.3 Å². The van der Waals surface area contributed by atoms with Gasteiger partial charge in [-0.2, -0.15) is 0 Å². The fourth-order valence-corrected chi connectivity index (χ4v) is 3.87. The lowest BCUT2D eigenvalue weighted by molar-refractivity contribution is -0.119. The predicted molar refractivity (Wildman–Crippen MR) is 115 cm³/mol. The van der Waals surface area contributed by atoms with Gasteiger partial charge in [-0.1, -0.05) is 37.5 Å². The summed E-state index contributed by atoms with van der Waals surface area (Å²) in [5.41, 5.74) is 1.53. The predicted octanol–water partition coefficient (Wildman–Crippen LogP) is 3.42. The Morgan fingerprint density at radius 1 is 1.29 bits per heavy atom. The number of hydrogen-bond acceptors (Lipinski definition) is 5. The zero-order valence-corrected chi connectivity index (χ0v) is 16.7. The maximum Gasteiger partial charge on any atom is 0.239 e. The number of benzene rings is 1. The van der Waals surface area contributed by atoms with Crippen LogP contribution in [0.3, 0.4) is 0 Å². The second kappa shape index (κ2) is 10.2. The summed E-state index contributed by atoms with van der Waals surface area (Å²) in [6.07, 6.45) is 8.90. The van der Waals surface area contributed by atoms with Crippen molar-refractivity contribution in [3.05, 3.63) is 35.9 Å². The largest absolute Gasteiger partial charge is 0.360 e. The van der Waals surface area contributed by atoms with Crippen LogP contribution in [0.15, 0.2) is 30.3 Å². The Balaban J connectivity index is 1.41. The van der Waals surface area contributed by atoms with Crippen LogP contribution in [0.4, 0.5) is 5.82 Å². The molecular formula is C22H31N5O. The summed E-state index contributed by atoms with van der Waals surface area (Å²) in [6.45, 7) is 1.85. The molecule has 28 heavy (non-hydrogen) atoms. The summed E-state index contributed by atoms with van der Waals surface area (Å²) >= 11 is 0. The number of anilines is 1. The highest BCUT2D eigenvalue weighted by Gasteiger charge is 2.17. The van der Waals surface area contributed by atoms with E-state index in [9.17, 15) is 4.79 Å². The number of rotatable bonds is 9. The third kappa shape index (κ3) is 5.52. The molecule has 3 N–H and O–H groups in total. The van der Waals surface area contributed by atoms with Crippen molar-refractivity contribution in [1.82, 2.24) is 15.2 Å². The maximum atomic E-state index is 12.2. The molecule has 0 saturated heterocycles. The van der Waals surface area contributed by atoms with Crippen LogP contribution in [0.1, 0.15) is 44.1 Å². The van der Waals surface area contributed by atoms with E-state index in [1.165, 1.54) is 38.3 Å². The minimum Gasteiger partial charge on any atom is -0.360 e. The molecule has 6 heteroatoms. The van der Waals surface area contributed by atoms with Crippen molar-refractivity contribution in [2.45, 2.75) is 44.6 Å². The van der Waals surface area contributed by atoms with E-state index in [0.29, 0.717) is 24.0 Å². The van der Waals surface area contributed by atoms with Crippen molar-refractivity contribution in [2.75, 3.05) is 32.0 Å². The molecule has 150 valence electrons. The molecule has 1 aromatic heterocycles. The van der Waals surface area contributed by atoms with Gasteiger partial charge in [0.15, 0.2) is 0 Å². The topological polar surface area (TPSA) is 81.1 Å². The number of carbonyl (C=O) groups excluding carboxylic acids is 1. The fraction of sp³-hybridized carbons (Fsp3) is 0.500. The molecule has 0 aliphatic heterocycles. The Morgan fingerprint density at radius 2 is 2.07 bits per heavy atom. The summed E-state index contributed by atoms with van der Waals surface area (Å²) in [5.74, 6) is 0.520. The average Bonchev–Trinajstić information content (AvgIpc) is 2.75. The van der Waals surface area contributed by atoms with E-state index < -0.39 is 0 Å². The average molecular weight is 382 g/mol. The molecule has 1 aromatic carbocycles. The van der Waals surface area contributed by atoms with Gasteiger partial charge in [-0.05, 0) is 45.0 Å². The van der Waals surface area contributed by atoms with Gasteiger partial charge in [0.2, 0.25) is 5.91 Å². The number of nitrogens with one attached hydrogen (secondary N) is 3. The van der Waals surface area contributed by atoms with Gasteiger partial charge in [0.25, 0.3) is 0 Å². The van der Waals surface area contributed by atoms with E-state index in [4.69, 9.17) is 5.41 Å². The number of hydrogen-bond donors (Lipinski definition) is 3. The maximum absolute atomic E-state index is 12.2. The lowest BCUT2D eigenvalue weighted by Gasteiger charge is -2.31. The Morgan fingerprint density at radius 3 is 2.86 bits per heavy atom. The van der Waals surface area contributed by atoms with Crippen LogP contribution in [-0.2, 0) is 4.79 Å². The van der Waals surface area contributed by atoms with Gasteiger partial charge >= 0.3 is 0 Å². The van der Waals surface area contributed by atoms with E-state index in [0.717, 1.165) is 23.9 Å². The van der Waals surface area contributed by atoms with Gasteiger partial charge in [0.1, 0.15) is 5.82 Å². The minimum absolute atomic E-state index is 0.0498. The molecular weight excluding hydrogens is 350 g/mol. The van der Waals surface area contributed by atoms with Crippen LogP contribution in [-0.4, -0.2) is 54.7 Å². The molecule has 0 radical (unpaired) electrons. The summed E-state index contributed by atoms with van der Waals surface area (Å²) < 4.78 is 0. The number of para-hydroxylation sites is 1. The van der Waals surface area contributed by atoms with Gasteiger partial charge in [-0.3, -0.25) is 4.79 Å². The second-order valence-corrected chi connectivity index (χ2v) is 7.59. The van der Waals surface area contributed by atoms with Crippen LogP contribution in [0.5, 0.6) is 0 Å². The first kappa shape index (κ1) is 20.3. The molecule has 1 fully saturated rings. The number of aromatic nitrogens is 1. The third-order valence-electron chi connectivity index (χ3n) is 5.53. The van der Waals surface area contributed by atoms with Crippen LogP contribution in [0, 0.1) is 5.41 Å². The van der Waals surface area contributed by atoms with Crippen LogP contribution in [0.25, 0.3) is 10.9 Å². The lowest BCUT2D eigenvalue weighted by atomic mass is 9.94. The third-order valence-corrected chi connectivity index (χ3v) is 5.53. The number of nitrogens with zero attached hydrogens (tertiary/aromatic N) is 2. The van der Waals surface area contributed by atoms with Crippen molar-refractivity contribution < 1.29 is 4.79 Å². The summed E-state index contributed by atoms with van der Waals surface area (Å²) in [4.78, 5) is 19.1. The van der Waals surface area contributed by atoms with Gasteiger partial charge < -0.3 is 20.9 Å². The quantitative estimate of drug-likeness (QED) is 0.459. The monoisotopic (exact) mass is 381 g/mol. The van der Waals surface area contributed by atoms with Crippen LogP contribution in [0.2, 0.25) is 0 Å². The van der Waals surface area contributed by atoms with Gasteiger partial charge in [0.05, 0.1) is 12.1 Å². The molecule has 1 saturated carbocycles. The number of pyridine rings is 1. The molecule has 0 bridgehead atoms. The van der Waals surface area contributed by atoms with Gasteiger partial charge in [-0.25, -0.2) is 4.98 Å². The highest BCUT2D eigenvalue weighted by atomic mass is 16.1. The molecule has 1 aliphatic rings. The zero-order valence-electron chi connectivity index (χ0n) is 16.7. The molecule has 2 aromatic rings. The van der Waals surface area contributed by atoms with Gasteiger partial charge in [-0.15, -0.1) is 0 Å². The Labute approximate surface area is 167 Å². The Kier molecular flexibility index (Phi) is 7.37. The SMILES string of the molecule is CN(CCCNC(=O)CNc1nc2ccccc2cc1C=N)C1CCCCC1. The number of fused-ring (bicyclic) bond motifs is 1. The normalized spacial score (nSPS) is 14.9. The van der Waals surface area contributed by atoms with Crippen LogP contribution >= 0.6 is 0 Å². The van der Waals surface area contributed by atoms with E-state index in [1.54, 1.807) is 0 Å². The molecule has 0 unspecified atom stereocenters. The Bertz CT molecular complexity index is 801. The Hall–Kier alpha value is -2.47. The smallest absolute Gasteiger partial charge is 0.239 e. The molecule has 6 nitrogen and oxygen atoms in total. The fourth-order valence-electron chi connectivity index (χ4n) is 3.87. The summed E-state index contributed by atoms with van der Waals surface area (Å²) in [6, 6.07) is 10.4. The first-order valence-corrected chi connectivity index (χ1v) is 10.3. The molecule has 0 spiro atoms. The first-order valence-electron chi connectivity index (χ1n) is 10.3. The number of amides is 1. The summed E-state index contributed by atoms with van der Waals surface area (Å²) in [5, 5.41) is 14.6. The van der Waals surface area contributed by atoms with Crippen LogP contribution < -0.4 is 10.6 Å². The molecule has 3 rings (SSSR count). The zero-order chi connectivity index (χ0) is 19.8. The molecule has 1 heterocycles. The summed E-state index contributed by atoms with van der Waals surface area (Å²) in [7, 11) is 2.20. The lowest BCUT2D eigenvalue weighted by Crippen LogP contribution is -2.36. The molecule has 1 aliphatic carbocycles. The van der Waals surface area contributed by atoms with Crippen molar-refractivity contribution >= 4 is 28.8 Å². The van der Waals surface area contributed by atoms with Crippen molar-refractivity contribution in [2.24, 2.45) is 0 Å². The second-order valence-electron chi connectivity index (χ2n) is 7.59. The van der Waals surface area contributed by atoms with E-state index in [2.05, 4.69) is 27.6 Å². The van der Waals surface area contributed by atoms with Crippen molar-refractivity contribution in [3.63, 3.8) is 0 Å². The molecule has 0 atom stereocenters. The standard InChI is InChI=1S/C22H31N5O/c1-27(19-9-3-2-4-10-19)13-7-12-24-21(28)16-25-22-18(15-23)14-17-8-5-6-11-20(17)26-22/h5-6,8,11,14-15,19,23H,2-4,7,9-10,12-13,16H2,1H3,(H,24,28)(H,25,26). The highest BCUT2D eigenvalue weighted by Crippen LogP contribution is 2.21. The van der Waals surface area contributed by atoms with Gasteiger partial charge in [0, 0.05) is 29.8 Å². The number of carbonyl (C=O) groups is 1. The van der Waals surface area contributed by atoms with Crippen molar-refractivity contribution in [3.8, 4) is 0 Å². The molecule has 1 amide bonds. The highest BCUT2D eigenvalue weighted by molar-refractivity contribution is 5.93. The first-order chi connectivity index (χ1) is 13.7.